The number of hydrogen-bond donors (Lipinski definition) is 1. The van der Waals surface area contributed by atoms with E-state index >= 15 is 0 Å². The van der Waals surface area contributed by atoms with Crippen molar-refractivity contribution in [1.82, 2.24) is 5.32 Å². The zero-order valence-corrected chi connectivity index (χ0v) is 20.0. The summed E-state index contributed by atoms with van der Waals surface area (Å²) in [5, 5.41) is 3.51. The summed E-state index contributed by atoms with van der Waals surface area (Å²) in [6.45, 7) is 22.7. The zero-order valence-electron chi connectivity index (χ0n) is 18.0. The van der Waals surface area contributed by atoms with Crippen LogP contribution >= 0.6 is 0 Å². The molecular formula is C19H39NO3Si2. The molecule has 1 amide bonds. The molecule has 3 atom stereocenters. The van der Waals surface area contributed by atoms with Crippen LogP contribution in [0.2, 0.25) is 36.3 Å². The smallest absolute Gasteiger partial charge is 0.223 e. The summed E-state index contributed by atoms with van der Waals surface area (Å²) in [7, 11) is -3.83. The molecule has 4 nitrogen and oxygen atoms in total. The van der Waals surface area contributed by atoms with Crippen molar-refractivity contribution < 1.29 is 13.6 Å². The van der Waals surface area contributed by atoms with Crippen molar-refractivity contribution >= 4 is 22.5 Å². The minimum atomic E-state index is -1.96. The van der Waals surface area contributed by atoms with Gasteiger partial charge in [0.1, 0.15) is 0 Å². The summed E-state index contributed by atoms with van der Waals surface area (Å²) in [4.78, 5) is 12.3. The van der Waals surface area contributed by atoms with Gasteiger partial charge in [-0.1, -0.05) is 41.5 Å². The molecule has 1 saturated carbocycles. The van der Waals surface area contributed by atoms with Crippen LogP contribution in [0.25, 0.3) is 0 Å². The monoisotopic (exact) mass is 385 g/mol. The van der Waals surface area contributed by atoms with E-state index in [0.717, 1.165) is 12.8 Å². The fraction of sp³-hybridized carbons (Fsp3) is 0.947. The molecule has 2 aliphatic rings. The first kappa shape index (κ1) is 21.1. The minimum absolute atomic E-state index is 0.00301. The van der Waals surface area contributed by atoms with Gasteiger partial charge in [0.15, 0.2) is 16.6 Å². The maximum atomic E-state index is 12.3. The molecule has 0 aromatic rings. The lowest BCUT2D eigenvalue weighted by Gasteiger charge is -2.45. The fourth-order valence-electron chi connectivity index (χ4n) is 3.46. The van der Waals surface area contributed by atoms with E-state index in [4.69, 9.17) is 8.85 Å². The molecule has 0 bridgehead atoms. The van der Waals surface area contributed by atoms with Crippen molar-refractivity contribution in [2.45, 2.75) is 115 Å². The number of rotatable bonds is 4. The van der Waals surface area contributed by atoms with Crippen LogP contribution < -0.4 is 5.32 Å². The highest BCUT2D eigenvalue weighted by Crippen LogP contribution is 2.49. The van der Waals surface area contributed by atoms with Crippen LogP contribution in [-0.4, -0.2) is 40.3 Å². The maximum absolute atomic E-state index is 12.3. The Bertz CT molecular complexity index is 534. The van der Waals surface area contributed by atoms with Crippen LogP contribution in [-0.2, 0) is 13.6 Å². The molecule has 1 aliphatic carbocycles. The Morgan fingerprint density at radius 1 is 1.00 bits per heavy atom. The van der Waals surface area contributed by atoms with Crippen LogP contribution in [0.5, 0.6) is 0 Å². The van der Waals surface area contributed by atoms with Crippen molar-refractivity contribution in [2.75, 3.05) is 0 Å². The summed E-state index contributed by atoms with van der Waals surface area (Å²) in [5.74, 6) is 0.118. The molecule has 0 aromatic heterocycles. The van der Waals surface area contributed by atoms with Gasteiger partial charge in [-0.25, -0.2) is 0 Å². The van der Waals surface area contributed by atoms with Gasteiger partial charge in [-0.15, -0.1) is 0 Å². The molecule has 1 aliphatic heterocycles. The largest absolute Gasteiger partial charge is 0.412 e. The molecule has 1 saturated heterocycles. The van der Waals surface area contributed by atoms with Crippen molar-refractivity contribution in [3.05, 3.63) is 0 Å². The molecule has 146 valence electrons. The predicted molar refractivity (Wildman–Crippen MR) is 109 cm³/mol. The Morgan fingerprint density at radius 3 is 2.00 bits per heavy atom. The van der Waals surface area contributed by atoms with Crippen LogP contribution in [0.3, 0.4) is 0 Å². The third-order valence-corrected chi connectivity index (χ3v) is 16.1. The lowest BCUT2D eigenvalue weighted by atomic mass is 9.98. The second-order valence-electron chi connectivity index (χ2n) is 11.1. The van der Waals surface area contributed by atoms with Crippen LogP contribution in [0, 0.1) is 0 Å². The summed E-state index contributed by atoms with van der Waals surface area (Å²) in [6, 6.07) is 0.00301. The Balaban J connectivity index is 2.25. The van der Waals surface area contributed by atoms with E-state index in [0.29, 0.717) is 6.42 Å². The zero-order chi connectivity index (χ0) is 19.5. The number of hydrogen-bond acceptors (Lipinski definition) is 3. The van der Waals surface area contributed by atoms with Gasteiger partial charge in [-0.05, 0) is 49.1 Å². The topological polar surface area (TPSA) is 47.6 Å². The predicted octanol–water partition coefficient (Wildman–Crippen LogP) is 4.82. The average Bonchev–Trinajstić information content (AvgIpc) is 2.81. The van der Waals surface area contributed by atoms with Crippen LogP contribution in [0.15, 0.2) is 0 Å². The normalized spacial score (nSPS) is 31.2. The fourth-order valence-corrected chi connectivity index (χ4v) is 6.45. The summed E-state index contributed by atoms with van der Waals surface area (Å²) >= 11 is 0. The summed E-state index contributed by atoms with van der Waals surface area (Å²) < 4.78 is 13.6. The summed E-state index contributed by atoms with van der Waals surface area (Å²) in [5.41, 5.74) is -0.368. The molecule has 0 radical (unpaired) electrons. The van der Waals surface area contributed by atoms with E-state index in [9.17, 15) is 4.79 Å². The molecule has 0 unspecified atom stereocenters. The van der Waals surface area contributed by atoms with Gasteiger partial charge < -0.3 is 14.2 Å². The Morgan fingerprint density at radius 2 is 1.52 bits per heavy atom. The molecule has 0 spiro atoms. The molecule has 1 heterocycles. The van der Waals surface area contributed by atoms with E-state index in [2.05, 4.69) is 73.0 Å². The first-order chi connectivity index (χ1) is 11.0. The lowest BCUT2D eigenvalue weighted by molar-refractivity contribution is -0.120. The molecule has 0 aromatic carbocycles. The van der Waals surface area contributed by atoms with E-state index in [1.165, 1.54) is 0 Å². The van der Waals surface area contributed by atoms with Crippen LogP contribution in [0.1, 0.15) is 60.8 Å². The van der Waals surface area contributed by atoms with Gasteiger partial charge in [0.05, 0.1) is 24.2 Å². The molecule has 6 heteroatoms. The van der Waals surface area contributed by atoms with Crippen molar-refractivity contribution in [1.29, 1.82) is 0 Å². The highest BCUT2D eigenvalue weighted by molar-refractivity contribution is 6.74. The quantitative estimate of drug-likeness (QED) is 0.706. The molecule has 2 fully saturated rings. The van der Waals surface area contributed by atoms with E-state index in [1.54, 1.807) is 0 Å². The Labute approximate surface area is 156 Å². The maximum Gasteiger partial charge on any atom is 0.223 e. The Hall–Kier alpha value is -0.176. The first-order valence-electron chi connectivity index (χ1n) is 9.68. The van der Waals surface area contributed by atoms with Crippen molar-refractivity contribution in [3.63, 3.8) is 0 Å². The molecule has 1 N–H and O–H groups in total. The first-order valence-corrected chi connectivity index (χ1v) is 15.5. The minimum Gasteiger partial charge on any atom is -0.412 e. The van der Waals surface area contributed by atoms with Crippen molar-refractivity contribution in [2.24, 2.45) is 0 Å². The van der Waals surface area contributed by atoms with E-state index < -0.39 is 16.6 Å². The number of carbonyl (C=O) groups excluding carboxylic acids is 1. The van der Waals surface area contributed by atoms with Gasteiger partial charge in [-0.2, -0.15) is 0 Å². The van der Waals surface area contributed by atoms with Gasteiger partial charge >= 0.3 is 0 Å². The SMILES string of the molecule is CC(C)(C)[Si](C)(C)O[C@H]1CC[C@]2(O[Si](C)(C)C(C)(C)C)CC(=O)N[C@H]12. The summed E-state index contributed by atoms with van der Waals surface area (Å²) in [6.07, 6.45) is 2.47. The van der Waals surface area contributed by atoms with E-state index in [1.807, 2.05) is 0 Å². The second-order valence-corrected chi connectivity index (χ2v) is 20.6. The van der Waals surface area contributed by atoms with Crippen LogP contribution in [0.4, 0.5) is 0 Å². The van der Waals surface area contributed by atoms with Gasteiger partial charge in [0, 0.05) is 0 Å². The highest BCUT2D eigenvalue weighted by Gasteiger charge is 2.60. The van der Waals surface area contributed by atoms with Gasteiger partial charge in [0.25, 0.3) is 0 Å². The second kappa shape index (κ2) is 6.18. The third-order valence-electron chi connectivity index (χ3n) is 7.08. The van der Waals surface area contributed by atoms with Crippen molar-refractivity contribution in [3.8, 4) is 0 Å². The number of carbonyl (C=O) groups is 1. The van der Waals surface area contributed by atoms with E-state index in [-0.39, 0.29) is 33.7 Å². The van der Waals surface area contributed by atoms with Gasteiger partial charge in [0.2, 0.25) is 5.91 Å². The van der Waals surface area contributed by atoms with Gasteiger partial charge in [-0.3, -0.25) is 4.79 Å². The number of amides is 1. The lowest BCUT2D eigenvalue weighted by Crippen LogP contribution is -2.56. The third kappa shape index (κ3) is 3.92. The number of fused-ring (bicyclic) bond motifs is 1. The Kier molecular flexibility index (Phi) is 5.22. The average molecular weight is 386 g/mol. The standard InChI is InChI=1S/C19H39NO3Si2/c1-17(2,3)24(7,8)22-14-11-12-19(13-15(21)20-16(14)19)23-25(9,10)18(4,5)6/h14,16H,11-13H2,1-10H3,(H,20,21)/t14-,16+,19-/m0/s1. The number of nitrogens with one attached hydrogen (secondary N) is 1. The molecule has 2 rings (SSSR count). The molecule has 25 heavy (non-hydrogen) atoms. The highest BCUT2D eigenvalue weighted by atomic mass is 28.4. The molecular weight excluding hydrogens is 346 g/mol.